The smallest absolute Gasteiger partial charge is 0.322 e. The molecule has 1 aromatic heterocycles. The summed E-state index contributed by atoms with van der Waals surface area (Å²) in [6.07, 6.45) is 0.313. The topological polar surface area (TPSA) is 105 Å². The summed E-state index contributed by atoms with van der Waals surface area (Å²) >= 11 is 0. The largest absolute Gasteiger partial charge is 0.497 e. The summed E-state index contributed by atoms with van der Waals surface area (Å²) in [6, 6.07) is 12.1. The van der Waals surface area contributed by atoms with Crippen LogP contribution in [0.2, 0.25) is 0 Å². The van der Waals surface area contributed by atoms with E-state index in [1.54, 1.807) is 42.9 Å². The highest BCUT2D eigenvalue weighted by Gasteiger charge is 2.22. The summed E-state index contributed by atoms with van der Waals surface area (Å²) in [5.41, 5.74) is 0. The van der Waals surface area contributed by atoms with Crippen LogP contribution in [0.5, 0.6) is 23.3 Å². The van der Waals surface area contributed by atoms with Gasteiger partial charge >= 0.3 is 6.01 Å². The van der Waals surface area contributed by atoms with Gasteiger partial charge in [0.1, 0.15) is 23.1 Å². The minimum absolute atomic E-state index is 0.104. The number of halogens is 1. The van der Waals surface area contributed by atoms with Crippen molar-refractivity contribution < 1.29 is 27.0 Å². The van der Waals surface area contributed by atoms with Crippen LogP contribution in [-0.4, -0.2) is 42.7 Å². The summed E-state index contributed by atoms with van der Waals surface area (Å²) in [5, 5.41) is 8.10. The second-order valence-electron chi connectivity index (χ2n) is 7.18. The molecule has 11 heteroatoms. The number of methoxy groups -OCH3 is 1. The number of hydrogen-bond acceptors (Lipinski definition) is 7. The Labute approximate surface area is 192 Å². The van der Waals surface area contributed by atoms with Crippen LogP contribution in [0, 0.1) is 5.82 Å². The Morgan fingerprint density at radius 3 is 2.30 bits per heavy atom. The molecule has 1 atom stereocenters. The van der Waals surface area contributed by atoms with E-state index < -0.39 is 16.1 Å². The van der Waals surface area contributed by atoms with E-state index in [1.807, 2.05) is 6.92 Å². The van der Waals surface area contributed by atoms with Crippen molar-refractivity contribution in [1.29, 1.82) is 0 Å². The first-order chi connectivity index (χ1) is 15.8. The number of hydrogen-bond donors (Lipinski definition) is 1. The molecule has 3 aromatic rings. The van der Waals surface area contributed by atoms with Crippen LogP contribution in [0.15, 0.2) is 48.5 Å². The lowest BCUT2D eigenvalue weighted by molar-refractivity contribution is 0.316. The summed E-state index contributed by atoms with van der Waals surface area (Å²) < 4.78 is 58.8. The Kier molecular flexibility index (Phi) is 8.23. The Hall–Kier alpha value is -3.18. The van der Waals surface area contributed by atoms with Gasteiger partial charge in [-0.3, -0.25) is 4.57 Å². The Morgan fingerprint density at radius 2 is 1.67 bits per heavy atom. The molecule has 33 heavy (non-hydrogen) atoms. The molecule has 3 rings (SSSR count). The molecule has 0 saturated heterocycles. The summed E-state index contributed by atoms with van der Waals surface area (Å²) in [4.78, 5) is 0. The molecule has 0 bridgehead atoms. The standard InChI is InChI=1S/C22H27FN4O5S/c1-4-27-21(24-25-22(27)32-20-8-6-17(23)7-9-20)16(2)26-33(28,29)15-5-14-31-19-12-10-18(30-3)11-13-19/h6-13,16,26H,4-5,14-15H2,1-3H3/t16-/m1/s1. The molecule has 0 amide bonds. The molecule has 2 aromatic carbocycles. The van der Waals surface area contributed by atoms with Gasteiger partial charge in [0, 0.05) is 6.54 Å². The van der Waals surface area contributed by atoms with Gasteiger partial charge in [-0.05, 0) is 68.8 Å². The van der Waals surface area contributed by atoms with E-state index in [0.29, 0.717) is 36.0 Å². The molecule has 178 valence electrons. The fraction of sp³-hybridized carbons (Fsp3) is 0.364. The van der Waals surface area contributed by atoms with Crippen LogP contribution in [0.1, 0.15) is 32.1 Å². The fourth-order valence-corrected chi connectivity index (χ4v) is 4.35. The Bertz CT molecular complexity index is 1130. The zero-order valence-electron chi connectivity index (χ0n) is 18.7. The van der Waals surface area contributed by atoms with Gasteiger partial charge in [0.2, 0.25) is 10.0 Å². The van der Waals surface area contributed by atoms with Crippen molar-refractivity contribution in [2.75, 3.05) is 19.5 Å². The average molecular weight is 479 g/mol. The number of nitrogens with one attached hydrogen (secondary N) is 1. The SMILES string of the molecule is CCn1c(Oc2ccc(F)cc2)nnc1[C@@H](C)NS(=O)(=O)CCCOc1ccc(OC)cc1. The fourth-order valence-electron chi connectivity index (χ4n) is 3.09. The Balaban J connectivity index is 1.54. The van der Waals surface area contributed by atoms with Crippen molar-refractivity contribution in [3.05, 3.63) is 60.2 Å². The second-order valence-corrected chi connectivity index (χ2v) is 9.05. The summed E-state index contributed by atoms with van der Waals surface area (Å²) in [6.45, 7) is 4.26. The van der Waals surface area contributed by atoms with Crippen LogP contribution < -0.4 is 18.9 Å². The maximum absolute atomic E-state index is 13.1. The number of sulfonamides is 1. The number of benzene rings is 2. The third kappa shape index (κ3) is 6.90. The third-order valence-corrected chi connectivity index (χ3v) is 6.25. The first-order valence-corrected chi connectivity index (χ1v) is 12.1. The van der Waals surface area contributed by atoms with Gasteiger partial charge in [0.15, 0.2) is 5.82 Å². The van der Waals surface area contributed by atoms with Crippen LogP contribution in [-0.2, 0) is 16.6 Å². The number of aromatic nitrogens is 3. The minimum Gasteiger partial charge on any atom is -0.497 e. The number of rotatable bonds is 12. The highest BCUT2D eigenvalue weighted by Crippen LogP contribution is 2.23. The monoisotopic (exact) mass is 478 g/mol. The second kappa shape index (κ2) is 11.1. The first kappa shape index (κ1) is 24.5. The van der Waals surface area contributed by atoms with Crippen molar-refractivity contribution in [1.82, 2.24) is 19.5 Å². The van der Waals surface area contributed by atoms with Gasteiger partial charge < -0.3 is 14.2 Å². The maximum Gasteiger partial charge on any atom is 0.322 e. The van der Waals surface area contributed by atoms with Crippen molar-refractivity contribution in [3.63, 3.8) is 0 Å². The van der Waals surface area contributed by atoms with Crippen LogP contribution >= 0.6 is 0 Å². The van der Waals surface area contributed by atoms with Crippen molar-refractivity contribution >= 4 is 10.0 Å². The van der Waals surface area contributed by atoms with Crippen LogP contribution in [0.3, 0.4) is 0 Å². The van der Waals surface area contributed by atoms with E-state index in [4.69, 9.17) is 14.2 Å². The molecule has 1 N–H and O–H groups in total. The van der Waals surface area contributed by atoms with E-state index >= 15 is 0 Å². The van der Waals surface area contributed by atoms with Crippen molar-refractivity contribution in [2.24, 2.45) is 0 Å². The zero-order chi connectivity index (χ0) is 23.8. The molecular weight excluding hydrogens is 451 g/mol. The van der Waals surface area contributed by atoms with Gasteiger partial charge in [-0.1, -0.05) is 5.10 Å². The van der Waals surface area contributed by atoms with Gasteiger partial charge in [-0.2, -0.15) is 0 Å². The van der Waals surface area contributed by atoms with E-state index in [-0.39, 0.29) is 24.2 Å². The van der Waals surface area contributed by atoms with Gasteiger partial charge in [0.25, 0.3) is 0 Å². The molecule has 9 nitrogen and oxygen atoms in total. The molecular formula is C22H27FN4O5S. The molecule has 0 radical (unpaired) electrons. The van der Waals surface area contributed by atoms with Crippen LogP contribution in [0.4, 0.5) is 4.39 Å². The lowest BCUT2D eigenvalue weighted by Crippen LogP contribution is -2.31. The highest BCUT2D eigenvalue weighted by molar-refractivity contribution is 7.89. The predicted molar refractivity (Wildman–Crippen MR) is 121 cm³/mol. The normalized spacial score (nSPS) is 12.4. The number of nitrogens with zero attached hydrogens (tertiary/aromatic N) is 3. The maximum atomic E-state index is 13.1. The van der Waals surface area contributed by atoms with E-state index in [0.717, 1.165) is 0 Å². The molecule has 0 spiro atoms. The van der Waals surface area contributed by atoms with Crippen LogP contribution in [0.25, 0.3) is 0 Å². The molecule has 0 fully saturated rings. The Morgan fingerprint density at radius 1 is 1.03 bits per heavy atom. The summed E-state index contributed by atoms with van der Waals surface area (Å²) in [5.74, 6) is 1.68. The van der Waals surface area contributed by atoms with Gasteiger partial charge in [0.05, 0.1) is 25.5 Å². The van der Waals surface area contributed by atoms with Crippen molar-refractivity contribution in [2.45, 2.75) is 32.9 Å². The predicted octanol–water partition coefficient (Wildman–Crippen LogP) is 3.69. The lowest BCUT2D eigenvalue weighted by atomic mass is 10.3. The first-order valence-electron chi connectivity index (χ1n) is 10.4. The quantitative estimate of drug-likeness (QED) is 0.396. The number of ether oxygens (including phenoxy) is 3. The minimum atomic E-state index is -3.59. The highest BCUT2D eigenvalue weighted by atomic mass is 32.2. The molecule has 0 aliphatic rings. The molecule has 0 aliphatic heterocycles. The van der Waals surface area contributed by atoms with E-state index in [2.05, 4.69) is 14.9 Å². The van der Waals surface area contributed by atoms with E-state index in [9.17, 15) is 12.8 Å². The zero-order valence-corrected chi connectivity index (χ0v) is 19.5. The van der Waals surface area contributed by atoms with Crippen molar-refractivity contribution in [3.8, 4) is 23.3 Å². The lowest BCUT2D eigenvalue weighted by Gasteiger charge is -2.15. The van der Waals surface area contributed by atoms with Gasteiger partial charge in [-0.25, -0.2) is 17.5 Å². The van der Waals surface area contributed by atoms with E-state index in [1.165, 1.54) is 24.3 Å². The summed E-state index contributed by atoms with van der Waals surface area (Å²) in [7, 11) is -2.01. The molecule has 1 heterocycles. The van der Waals surface area contributed by atoms with Gasteiger partial charge in [-0.15, -0.1) is 5.10 Å². The third-order valence-electron chi connectivity index (χ3n) is 4.71. The molecule has 0 unspecified atom stereocenters. The molecule has 0 aliphatic carbocycles. The molecule has 0 saturated carbocycles. The average Bonchev–Trinajstić information content (AvgIpc) is 3.21.